The molecule has 0 bridgehead atoms. The van der Waals surface area contributed by atoms with Gasteiger partial charge in [-0.25, -0.2) is 4.98 Å². The lowest BCUT2D eigenvalue weighted by Gasteiger charge is -1.98. The van der Waals surface area contributed by atoms with Crippen LogP contribution in [0.4, 0.5) is 0 Å². The number of aromatic amines is 1. The monoisotopic (exact) mass is 321 g/mol. The Hall–Kier alpha value is -2.43. The molecule has 0 aliphatic heterocycles. The van der Waals surface area contributed by atoms with E-state index < -0.39 is 0 Å². The molecule has 0 atom stereocenters. The summed E-state index contributed by atoms with van der Waals surface area (Å²) in [4.78, 5) is 8.11. The number of rotatable bonds is 4. The predicted molar refractivity (Wildman–Crippen MR) is 98.3 cm³/mol. The van der Waals surface area contributed by atoms with Crippen LogP contribution in [0.1, 0.15) is 10.6 Å². The standard InChI is InChI=1S/C19H16N2S.H3N/c1-2-6-14(7-3-1)18-13-22-19(21-18)11-10-15-12-20-17-9-5-4-8-16(15)17;/h1-9,12-13,20H,10-11H2;1H3. The average molecular weight is 321 g/mol. The van der Waals surface area contributed by atoms with E-state index in [0.717, 1.165) is 18.5 Å². The molecule has 0 radical (unpaired) electrons. The normalized spacial score (nSPS) is 10.6. The zero-order chi connectivity index (χ0) is 14.8. The van der Waals surface area contributed by atoms with Crippen LogP contribution >= 0.6 is 11.3 Å². The number of aryl methyl sites for hydroxylation is 2. The molecule has 2 aromatic carbocycles. The first kappa shape index (κ1) is 15.5. The van der Waals surface area contributed by atoms with Crippen LogP contribution in [-0.4, -0.2) is 9.97 Å². The minimum absolute atomic E-state index is 0. The maximum Gasteiger partial charge on any atom is 0.0935 e. The Morgan fingerprint density at radius 3 is 2.57 bits per heavy atom. The smallest absolute Gasteiger partial charge is 0.0935 e. The number of para-hydroxylation sites is 1. The second-order valence-electron chi connectivity index (χ2n) is 5.35. The molecule has 0 fully saturated rings. The first-order chi connectivity index (χ1) is 10.9. The van der Waals surface area contributed by atoms with Crippen molar-refractivity contribution in [2.45, 2.75) is 12.8 Å². The molecule has 116 valence electrons. The van der Waals surface area contributed by atoms with Crippen LogP contribution in [0.5, 0.6) is 0 Å². The Labute approximate surface area is 139 Å². The Morgan fingerprint density at radius 1 is 0.913 bits per heavy atom. The van der Waals surface area contributed by atoms with Crippen LogP contribution in [0.15, 0.2) is 66.2 Å². The molecule has 0 amide bonds. The molecular weight excluding hydrogens is 302 g/mol. The zero-order valence-corrected chi connectivity index (χ0v) is 13.6. The SMILES string of the molecule is N.c1ccc(-c2csc(CCc3c[nH]c4ccccc34)n2)cc1. The molecule has 4 rings (SSSR count). The van der Waals surface area contributed by atoms with Crippen molar-refractivity contribution in [3.63, 3.8) is 0 Å². The second-order valence-corrected chi connectivity index (χ2v) is 6.29. The van der Waals surface area contributed by atoms with E-state index in [1.807, 2.05) is 6.07 Å². The molecule has 0 unspecified atom stereocenters. The van der Waals surface area contributed by atoms with Crippen LogP contribution < -0.4 is 6.15 Å². The fourth-order valence-electron chi connectivity index (χ4n) is 2.75. The summed E-state index contributed by atoms with van der Waals surface area (Å²) in [5.74, 6) is 0. The summed E-state index contributed by atoms with van der Waals surface area (Å²) in [5, 5.41) is 4.67. The van der Waals surface area contributed by atoms with Crippen molar-refractivity contribution in [3.8, 4) is 11.3 Å². The molecule has 0 spiro atoms. The molecule has 2 aromatic heterocycles. The van der Waals surface area contributed by atoms with Gasteiger partial charge in [-0.2, -0.15) is 0 Å². The van der Waals surface area contributed by atoms with Gasteiger partial charge in [0.15, 0.2) is 0 Å². The number of H-pyrrole nitrogens is 1. The molecule has 3 nitrogen and oxygen atoms in total. The Balaban J connectivity index is 0.00000156. The lowest BCUT2D eigenvalue weighted by Crippen LogP contribution is -1.90. The van der Waals surface area contributed by atoms with Crippen molar-refractivity contribution in [1.82, 2.24) is 16.1 Å². The van der Waals surface area contributed by atoms with Crippen molar-refractivity contribution in [3.05, 3.63) is 76.7 Å². The molecule has 0 aliphatic carbocycles. The number of aromatic nitrogens is 2. The fraction of sp³-hybridized carbons (Fsp3) is 0.105. The second kappa shape index (κ2) is 6.77. The van der Waals surface area contributed by atoms with Gasteiger partial charge in [0, 0.05) is 34.5 Å². The Morgan fingerprint density at radius 2 is 1.70 bits per heavy atom. The molecule has 23 heavy (non-hydrogen) atoms. The van der Waals surface area contributed by atoms with Gasteiger partial charge in [0.1, 0.15) is 0 Å². The summed E-state index contributed by atoms with van der Waals surface area (Å²) in [5.41, 5.74) is 4.85. The number of thiazole rings is 1. The quantitative estimate of drug-likeness (QED) is 0.540. The lowest BCUT2D eigenvalue weighted by molar-refractivity contribution is 0.952. The van der Waals surface area contributed by atoms with Crippen molar-refractivity contribution < 1.29 is 0 Å². The Kier molecular flexibility index (Phi) is 4.55. The number of benzene rings is 2. The number of nitrogens with one attached hydrogen (secondary N) is 1. The van der Waals surface area contributed by atoms with E-state index in [9.17, 15) is 0 Å². The van der Waals surface area contributed by atoms with Crippen molar-refractivity contribution >= 4 is 22.2 Å². The minimum atomic E-state index is 0. The molecule has 0 aliphatic rings. The van der Waals surface area contributed by atoms with E-state index in [2.05, 4.69) is 65.1 Å². The van der Waals surface area contributed by atoms with E-state index in [-0.39, 0.29) is 6.15 Å². The van der Waals surface area contributed by atoms with Crippen molar-refractivity contribution in [2.75, 3.05) is 0 Å². The van der Waals surface area contributed by atoms with Gasteiger partial charge < -0.3 is 11.1 Å². The van der Waals surface area contributed by atoms with E-state index in [0.29, 0.717) is 0 Å². The largest absolute Gasteiger partial charge is 0.361 e. The first-order valence-electron chi connectivity index (χ1n) is 7.45. The zero-order valence-electron chi connectivity index (χ0n) is 12.8. The molecule has 0 saturated carbocycles. The fourth-order valence-corrected chi connectivity index (χ4v) is 3.55. The van der Waals surface area contributed by atoms with Gasteiger partial charge in [0.2, 0.25) is 0 Å². The molecule has 4 heteroatoms. The van der Waals surface area contributed by atoms with E-state index in [1.54, 1.807) is 11.3 Å². The van der Waals surface area contributed by atoms with Gasteiger partial charge in [0.25, 0.3) is 0 Å². The average Bonchev–Trinajstić information content (AvgIpc) is 3.21. The highest BCUT2D eigenvalue weighted by Gasteiger charge is 2.07. The van der Waals surface area contributed by atoms with Crippen LogP contribution in [0, 0.1) is 0 Å². The van der Waals surface area contributed by atoms with Crippen LogP contribution in [-0.2, 0) is 12.8 Å². The van der Waals surface area contributed by atoms with Gasteiger partial charge in [0.05, 0.1) is 10.7 Å². The summed E-state index contributed by atoms with van der Waals surface area (Å²) >= 11 is 1.75. The summed E-state index contributed by atoms with van der Waals surface area (Å²) in [7, 11) is 0. The number of hydrogen-bond donors (Lipinski definition) is 2. The topological polar surface area (TPSA) is 63.7 Å². The highest BCUT2D eigenvalue weighted by Crippen LogP contribution is 2.24. The third kappa shape index (κ3) is 3.18. The lowest BCUT2D eigenvalue weighted by atomic mass is 10.1. The third-order valence-corrected chi connectivity index (χ3v) is 4.81. The Bertz CT molecular complexity index is 893. The maximum absolute atomic E-state index is 4.77. The van der Waals surface area contributed by atoms with E-state index in [4.69, 9.17) is 4.98 Å². The molecule has 4 aromatic rings. The molecule has 0 saturated heterocycles. The molecule has 4 N–H and O–H groups in total. The minimum Gasteiger partial charge on any atom is -0.361 e. The van der Waals surface area contributed by atoms with Crippen LogP contribution in [0.25, 0.3) is 22.2 Å². The van der Waals surface area contributed by atoms with E-state index in [1.165, 1.54) is 27.0 Å². The molecular formula is C19H19N3S. The van der Waals surface area contributed by atoms with Gasteiger partial charge >= 0.3 is 0 Å². The summed E-state index contributed by atoms with van der Waals surface area (Å²) in [6.07, 6.45) is 4.13. The van der Waals surface area contributed by atoms with Gasteiger partial charge in [-0.3, -0.25) is 0 Å². The van der Waals surface area contributed by atoms with Crippen LogP contribution in [0.2, 0.25) is 0 Å². The predicted octanol–water partition coefficient (Wildman–Crippen LogP) is 5.24. The van der Waals surface area contributed by atoms with Gasteiger partial charge in [-0.05, 0) is 18.1 Å². The maximum atomic E-state index is 4.77. The van der Waals surface area contributed by atoms with Crippen molar-refractivity contribution in [2.24, 2.45) is 0 Å². The van der Waals surface area contributed by atoms with Gasteiger partial charge in [-0.15, -0.1) is 11.3 Å². The van der Waals surface area contributed by atoms with E-state index >= 15 is 0 Å². The van der Waals surface area contributed by atoms with Crippen LogP contribution in [0.3, 0.4) is 0 Å². The summed E-state index contributed by atoms with van der Waals surface area (Å²) < 4.78 is 0. The summed E-state index contributed by atoms with van der Waals surface area (Å²) in [6.45, 7) is 0. The summed E-state index contributed by atoms with van der Waals surface area (Å²) in [6, 6.07) is 18.8. The number of hydrogen-bond acceptors (Lipinski definition) is 3. The number of fused-ring (bicyclic) bond motifs is 1. The highest BCUT2D eigenvalue weighted by atomic mass is 32.1. The number of nitrogens with zero attached hydrogens (tertiary/aromatic N) is 1. The van der Waals surface area contributed by atoms with Crippen molar-refractivity contribution in [1.29, 1.82) is 0 Å². The molecule has 2 heterocycles. The third-order valence-electron chi connectivity index (χ3n) is 3.90. The first-order valence-corrected chi connectivity index (χ1v) is 8.33. The highest BCUT2D eigenvalue weighted by molar-refractivity contribution is 7.09. The van der Waals surface area contributed by atoms with Gasteiger partial charge in [-0.1, -0.05) is 48.5 Å².